The standard InChI is InChI=1S/C13H23N3O3/c1-5-6-14-11-7-13(19-10(2)8-17-3)16-12(15-11)9-18-4/h7,10H,5-6,8-9H2,1-4H3,(H,14,15,16). The van der Waals surface area contributed by atoms with E-state index in [0.29, 0.717) is 24.9 Å². The summed E-state index contributed by atoms with van der Waals surface area (Å²) < 4.78 is 15.8. The van der Waals surface area contributed by atoms with Gasteiger partial charge in [-0.25, -0.2) is 4.98 Å². The summed E-state index contributed by atoms with van der Waals surface area (Å²) in [6, 6.07) is 1.79. The third kappa shape index (κ3) is 5.85. The van der Waals surface area contributed by atoms with E-state index in [1.54, 1.807) is 20.3 Å². The van der Waals surface area contributed by atoms with Crippen molar-refractivity contribution in [1.29, 1.82) is 0 Å². The molecule has 6 heteroatoms. The molecular formula is C13H23N3O3. The van der Waals surface area contributed by atoms with Crippen LogP contribution in [0.15, 0.2) is 6.07 Å². The molecule has 1 atom stereocenters. The molecule has 0 spiro atoms. The number of ether oxygens (including phenoxy) is 3. The Labute approximate surface area is 114 Å². The number of nitrogens with one attached hydrogen (secondary N) is 1. The average Bonchev–Trinajstić information content (AvgIpc) is 2.36. The minimum Gasteiger partial charge on any atom is -0.472 e. The van der Waals surface area contributed by atoms with E-state index in [4.69, 9.17) is 14.2 Å². The minimum atomic E-state index is -0.0608. The van der Waals surface area contributed by atoms with Crippen LogP contribution in [0.4, 0.5) is 5.82 Å². The maximum absolute atomic E-state index is 5.69. The van der Waals surface area contributed by atoms with Gasteiger partial charge in [-0.15, -0.1) is 0 Å². The SMILES string of the molecule is CCCNc1cc(OC(C)COC)nc(COC)n1. The molecule has 108 valence electrons. The number of methoxy groups -OCH3 is 2. The van der Waals surface area contributed by atoms with Crippen LogP contribution in [0.5, 0.6) is 5.88 Å². The van der Waals surface area contributed by atoms with Crippen molar-refractivity contribution in [3.8, 4) is 5.88 Å². The van der Waals surface area contributed by atoms with Crippen molar-refractivity contribution in [1.82, 2.24) is 9.97 Å². The monoisotopic (exact) mass is 269 g/mol. The van der Waals surface area contributed by atoms with E-state index in [-0.39, 0.29) is 6.10 Å². The average molecular weight is 269 g/mol. The zero-order chi connectivity index (χ0) is 14.1. The van der Waals surface area contributed by atoms with Gasteiger partial charge in [-0.3, -0.25) is 0 Å². The molecule has 1 N–H and O–H groups in total. The molecule has 0 aliphatic rings. The van der Waals surface area contributed by atoms with Crippen molar-refractivity contribution in [2.24, 2.45) is 0 Å². The molecule has 19 heavy (non-hydrogen) atoms. The molecule has 6 nitrogen and oxygen atoms in total. The molecule has 0 aromatic carbocycles. The van der Waals surface area contributed by atoms with Crippen LogP contribution in [0.25, 0.3) is 0 Å². The molecule has 0 amide bonds. The third-order valence-corrected chi connectivity index (χ3v) is 2.30. The molecule has 1 heterocycles. The molecule has 0 radical (unpaired) electrons. The molecule has 1 unspecified atom stereocenters. The van der Waals surface area contributed by atoms with Gasteiger partial charge in [0.15, 0.2) is 5.82 Å². The quantitative estimate of drug-likeness (QED) is 0.738. The first kappa shape index (κ1) is 15.7. The lowest BCUT2D eigenvalue weighted by molar-refractivity contribution is 0.0881. The first-order valence-electron chi connectivity index (χ1n) is 6.46. The number of rotatable bonds is 9. The summed E-state index contributed by atoms with van der Waals surface area (Å²) >= 11 is 0. The van der Waals surface area contributed by atoms with Crippen molar-refractivity contribution in [3.63, 3.8) is 0 Å². The van der Waals surface area contributed by atoms with Gasteiger partial charge in [-0.1, -0.05) is 6.92 Å². The zero-order valence-electron chi connectivity index (χ0n) is 12.1. The fourth-order valence-corrected chi connectivity index (χ4v) is 1.55. The largest absolute Gasteiger partial charge is 0.472 e. The molecule has 0 aliphatic heterocycles. The van der Waals surface area contributed by atoms with Crippen LogP contribution in [0.2, 0.25) is 0 Å². The second-order valence-electron chi connectivity index (χ2n) is 4.25. The Morgan fingerprint density at radius 1 is 1.26 bits per heavy atom. The number of nitrogens with zero attached hydrogens (tertiary/aromatic N) is 2. The highest BCUT2D eigenvalue weighted by molar-refractivity contribution is 5.38. The zero-order valence-corrected chi connectivity index (χ0v) is 12.1. The summed E-state index contributed by atoms with van der Waals surface area (Å²) in [6.07, 6.45) is 0.967. The smallest absolute Gasteiger partial charge is 0.219 e. The van der Waals surface area contributed by atoms with E-state index in [1.807, 2.05) is 6.92 Å². The van der Waals surface area contributed by atoms with E-state index < -0.39 is 0 Å². The summed E-state index contributed by atoms with van der Waals surface area (Å²) in [5.41, 5.74) is 0. The molecule has 1 aromatic rings. The number of hydrogen-bond donors (Lipinski definition) is 1. The van der Waals surface area contributed by atoms with Crippen molar-refractivity contribution in [2.45, 2.75) is 33.0 Å². The Hall–Kier alpha value is -1.40. The third-order valence-electron chi connectivity index (χ3n) is 2.30. The van der Waals surface area contributed by atoms with E-state index in [2.05, 4.69) is 22.2 Å². The lowest BCUT2D eigenvalue weighted by atomic mass is 10.4. The van der Waals surface area contributed by atoms with Crippen LogP contribution < -0.4 is 10.1 Å². The molecule has 0 saturated heterocycles. The molecule has 0 fully saturated rings. The second kappa shape index (κ2) is 8.66. The van der Waals surface area contributed by atoms with E-state index in [0.717, 1.165) is 18.8 Å². The number of anilines is 1. The Balaban J connectivity index is 2.79. The molecular weight excluding hydrogens is 246 g/mol. The van der Waals surface area contributed by atoms with Crippen LogP contribution in [-0.2, 0) is 16.1 Å². The van der Waals surface area contributed by atoms with Crippen molar-refractivity contribution < 1.29 is 14.2 Å². The Morgan fingerprint density at radius 2 is 2.05 bits per heavy atom. The number of hydrogen-bond acceptors (Lipinski definition) is 6. The second-order valence-corrected chi connectivity index (χ2v) is 4.25. The van der Waals surface area contributed by atoms with Gasteiger partial charge in [0, 0.05) is 26.8 Å². The maximum Gasteiger partial charge on any atom is 0.219 e. The van der Waals surface area contributed by atoms with E-state index in [9.17, 15) is 0 Å². The van der Waals surface area contributed by atoms with Crippen LogP contribution >= 0.6 is 0 Å². The van der Waals surface area contributed by atoms with Crippen molar-refractivity contribution in [3.05, 3.63) is 11.9 Å². The normalized spacial score (nSPS) is 12.2. The van der Waals surface area contributed by atoms with Crippen molar-refractivity contribution in [2.75, 3.05) is 32.7 Å². The van der Waals surface area contributed by atoms with E-state index >= 15 is 0 Å². The summed E-state index contributed by atoms with van der Waals surface area (Å²) in [6.45, 7) is 5.76. The molecule has 0 aliphatic carbocycles. The maximum atomic E-state index is 5.69. The minimum absolute atomic E-state index is 0.0608. The van der Waals surface area contributed by atoms with Crippen LogP contribution in [0, 0.1) is 0 Å². The molecule has 1 aromatic heterocycles. The lowest BCUT2D eigenvalue weighted by Gasteiger charge is -2.14. The predicted octanol–water partition coefficient (Wildman–Crippen LogP) is 1.86. The summed E-state index contributed by atoms with van der Waals surface area (Å²) in [5.74, 6) is 1.89. The van der Waals surface area contributed by atoms with Gasteiger partial charge in [0.2, 0.25) is 5.88 Å². The topological polar surface area (TPSA) is 65.5 Å². The molecule has 1 rings (SSSR count). The number of aromatic nitrogens is 2. The molecule has 0 bridgehead atoms. The van der Waals surface area contributed by atoms with Gasteiger partial charge in [-0.05, 0) is 13.3 Å². The predicted molar refractivity (Wildman–Crippen MR) is 73.5 cm³/mol. The lowest BCUT2D eigenvalue weighted by Crippen LogP contribution is -2.19. The Bertz CT molecular complexity index is 374. The summed E-state index contributed by atoms with van der Waals surface area (Å²) in [5, 5.41) is 3.22. The summed E-state index contributed by atoms with van der Waals surface area (Å²) in [7, 11) is 3.26. The van der Waals surface area contributed by atoms with Crippen LogP contribution in [-0.4, -0.2) is 43.4 Å². The highest BCUT2D eigenvalue weighted by Gasteiger charge is 2.09. The highest BCUT2D eigenvalue weighted by atomic mass is 16.5. The van der Waals surface area contributed by atoms with Crippen LogP contribution in [0.3, 0.4) is 0 Å². The van der Waals surface area contributed by atoms with Crippen LogP contribution in [0.1, 0.15) is 26.1 Å². The van der Waals surface area contributed by atoms with Crippen molar-refractivity contribution >= 4 is 5.82 Å². The van der Waals surface area contributed by atoms with Gasteiger partial charge in [0.05, 0.1) is 6.61 Å². The first-order chi connectivity index (χ1) is 9.19. The van der Waals surface area contributed by atoms with Gasteiger partial charge >= 0.3 is 0 Å². The van der Waals surface area contributed by atoms with Gasteiger partial charge in [-0.2, -0.15) is 4.98 Å². The fourth-order valence-electron chi connectivity index (χ4n) is 1.55. The fraction of sp³-hybridized carbons (Fsp3) is 0.692. The summed E-state index contributed by atoms with van der Waals surface area (Å²) in [4.78, 5) is 8.66. The van der Waals surface area contributed by atoms with E-state index in [1.165, 1.54) is 0 Å². The van der Waals surface area contributed by atoms with Gasteiger partial charge in [0.1, 0.15) is 18.5 Å². The Kier molecular flexibility index (Phi) is 7.14. The van der Waals surface area contributed by atoms with Gasteiger partial charge < -0.3 is 19.5 Å². The first-order valence-corrected chi connectivity index (χ1v) is 6.46. The molecule has 0 saturated carbocycles. The van der Waals surface area contributed by atoms with Gasteiger partial charge in [0.25, 0.3) is 0 Å². The highest BCUT2D eigenvalue weighted by Crippen LogP contribution is 2.15. The Morgan fingerprint density at radius 3 is 2.68 bits per heavy atom.